The quantitative estimate of drug-likeness (QED) is 0.434. The molecule has 1 aromatic heterocycles. The highest BCUT2D eigenvalue weighted by Crippen LogP contribution is 2.24. The third-order valence-corrected chi connectivity index (χ3v) is 3.29. The van der Waals surface area contributed by atoms with Crippen molar-refractivity contribution in [3.05, 3.63) is 70.4 Å². The van der Waals surface area contributed by atoms with E-state index in [1.54, 1.807) is 48.8 Å². The lowest BCUT2D eigenvalue weighted by Crippen LogP contribution is -1.96. The maximum absolute atomic E-state index is 10.9. The number of rotatable bonds is 4. The molecule has 0 spiro atoms. The Balaban J connectivity index is 1.89. The number of nitrogens with zero attached hydrogens (tertiary/aromatic N) is 4. The van der Waals surface area contributed by atoms with Gasteiger partial charge in [-0.2, -0.15) is 5.10 Å². The fraction of sp³-hybridized carbons (Fsp3) is 0. The van der Waals surface area contributed by atoms with E-state index in [0.29, 0.717) is 11.3 Å². The normalized spacial score (nSPS) is 11.0. The second-order valence-corrected chi connectivity index (χ2v) is 4.97. The number of aromatic hydroxyl groups is 1. The third kappa shape index (κ3) is 3.22. The van der Waals surface area contributed by atoms with Crippen molar-refractivity contribution in [1.82, 2.24) is 9.66 Å². The van der Waals surface area contributed by atoms with Gasteiger partial charge >= 0.3 is 0 Å². The molecule has 0 unspecified atom stereocenters. The Morgan fingerprint density at radius 1 is 1.25 bits per heavy atom. The van der Waals surface area contributed by atoms with Crippen LogP contribution in [0.2, 0.25) is 0 Å². The number of non-ortho nitro benzene ring substituents is 1. The van der Waals surface area contributed by atoms with E-state index in [2.05, 4.69) is 10.1 Å². The van der Waals surface area contributed by atoms with Gasteiger partial charge in [0.25, 0.3) is 5.69 Å². The molecule has 0 atom stereocenters. The molecule has 0 amide bonds. The van der Waals surface area contributed by atoms with E-state index in [1.807, 2.05) is 0 Å². The molecule has 1 heterocycles. The molecule has 3 aromatic rings. The first-order chi connectivity index (χ1) is 11.5. The number of imidazole rings is 1. The van der Waals surface area contributed by atoms with Gasteiger partial charge < -0.3 is 10.8 Å². The van der Waals surface area contributed by atoms with Crippen LogP contribution in [0.1, 0.15) is 5.56 Å². The Morgan fingerprint density at radius 2 is 2.00 bits per heavy atom. The van der Waals surface area contributed by atoms with Crippen molar-refractivity contribution in [3.8, 4) is 17.0 Å². The summed E-state index contributed by atoms with van der Waals surface area (Å²) in [6.07, 6.45) is 3.15. The largest absolute Gasteiger partial charge is 0.508 e. The van der Waals surface area contributed by atoms with E-state index in [4.69, 9.17) is 5.73 Å². The summed E-state index contributed by atoms with van der Waals surface area (Å²) >= 11 is 0. The molecule has 0 bridgehead atoms. The number of nitro benzene ring substituents is 1. The van der Waals surface area contributed by atoms with Crippen molar-refractivity contribution in [2.75, 3.05) is 5.73 Å². The Kier molecular flexibility index (Phi) is 3.94. The Bertz CT molecular complexity index is 916. The van der Waals surface area contributed by atoms with Crippen LogP contribution in [-0.4, -0.2) is 25.9 Å². The minimum absolute atomic E-state index is 0.0202. The third-order valence-electron chi connectivity index (χ3n) is 3.29. The van der Waals surface area contributed by atoms with Gasteiger partial charge in [0.05, 0.1) is 23.0 Å². The van der Waals surface area contributed by atoms with Crippen LogP contribution in [0.4, 0.5) is 11.6 Å². The SMILES string of the molecule is Nc1nc(-c2cccc([N+](=O)[O-])c2)cn1N=Cc1ccc(O)cc1. The average molecular weight is 323 g/mol. The van der Waals surface area contributed by atoms with Gasteiger partial charge in [0.15, 0.2) is 0 Å². The van der Waals surface area contributed by atoms with Crippen LogP contribution in [0.15, 0.2) is 59.8 Å². The van der Waals surface area contributed by atoms with E-state index in [1.165, 1.54) is 16.8 Å². The van der Waals surface area contributed by atoms with Crippen LogP contribution in [-0.2, 0) is 0 Å². The number of nitrogen functional groups attached to an aromatic ring is 1. The predicted molar refractivity (Wildman–Crippen MR) is 89.8 cm³/mol. The Labute approximate surface area is 136 Å². The first-order valence-corrected chi connectivity index (χ1v) is 6.96. The van der Waals surface area contributed by atoms with Crippen LogP contribution >= 0.6 is 0 Å². The van der Waals surface area contributed by atoms with Gasteiger partial charge in [-0.15, -0.1) is 0 Å². The fourth-order valence-electron chi connectivity index (χ4n) is 2.09. The molecule has 24 heavy (non-hydrogen) atoms. The van der Waals surface area contributed by atoms with E-state index in [-0.39, 0.29) is 17.4 Å². The van der Waals surface area contributed by atoms with Gasteiger partial charge in [-0.25, -0.2) is 9.66 Å². The van der Waals surface area contributed by atoms with E-state index in [0.717, 1.165) is 5.56 Å². The number of benzene rings is 2. The van der Waals surface area contributed by atoms with Gasteiger partial charge in [-0.1, -0.05) is 12.1 Å². The number of hydrogen-bond donors (Lipinski definition) is 2. The van der Waals surface area contributed by atoms with Gasteiger partial charge in [0.2, 0.25) is 5.95 Å². The topological polar surface area (TPSA) is 120 Å². The molecule has 0 radical (unpaired) electrons. The lowest BCUT2D eigenvalue weighted by molar-refractivity contribution is -0.384. The zero-order valence-electron chi connectivity index (χ0n) is 12.4. The second kappa shape index (κ2) is 6.21. The highest BCUT2D eigenvalue weighted by Gasteiger charge is 2.11. The molecule has 0 aliphatic heterocycles. The fourth-order valence-corrected chi connectivity index (χ4v) is 2.09. The van der Waals surface area contributed by atoms with Crippen molar-refractivity contribution in [2.45, 2.75) is 0 Å². The monoisotopic (exact) mass is 323 g/mol. The van der Waals surface area contributed by atoms with Crippen LogP contribution in [0.5, 0.6) is 5.75 Å². The summed E-state index contributed by atoms with van der Waals surface area (Å²) < 4.78 is 1.38. The Hall–Kier alpha value is -3.68. The highest BCUT2D eigenvalue weighted by atomic mass is 16.6. The second-order valence-electron chi connectivity index (χ2n) is 4.97. The highest BCUT2D eigenvalue weighted by molar-refractivity contribution is 5.79. The van der Waals surface area contributed by atoms with Gasteiger partial charge in [-0.05, 0) is 29.8 Å². The zero-order valence-corrected chi connectivity index (χ0v) is 12.4. The molecular formula is C16H13N5O3. The van der Waals surface area contributed by atoms with Crippen molar-refractivity contribution in [2.24, 2.45) is 5.10 Å². The zero-order chi connectivity index (χ0) is 17.1. The molecule has 0 saturated heterocycles. The van der Waals surface area contributed by atoms with Crippen LogP contribution < -0.4 is 5.73 Å². The number of aromatic nitrogens is 2. The first-order valence-electron chi connectivity index (χ1n) is 6.96. The summed E-state index contributed by atoms with van der Waals surface area (Å²) in [5.74, 6) is 0.328. The first kappa shape index (κ1) is 15.2. The molecule has 8 nitrogen and oxygen atoms in total. The number of nitro groups is 1. The summed E-state index contributed by atoms with van der Waals surface area (Å²) in [7, 11) is 0. The molecule has 0 saturated carbocycles. The molecule has 0 aliphatic carbocycles. The minimum atomic E-state index is -0.465. The van der Waals surface area contributed by atoms with Crippen molar-refractivity contribution >= 4 is 17.9 Å². The van der Waals surface area contributed by atoms with Gasteiger partial charge in [0.1, 0.15) is 5.75 Å². The molecule has 0 aliphatic rings. The molecule has 0 fully saturated rings. The maximum Gasteiger partial charge on any atom is 0.270 e. The summed E-state index contributed by atoms with van der Waals surface area (Å²) in [6.45, 7) is 0. The van der Waals surface area contributed by atoms with Gasteiger partial charge in [0, 0.05) is 17.7 Å². The molecular weight excluding hydrogens is 310 g/mol. The maximum atomic E-state index is 10.9. The van der Waals surface area contributed by atoms with Crippen LogP contribution in [0.25, 0.3) is 11.3 Å². The van der Waals surface area contributed by atoms with E-state index >= 15 is 0 Å². The van der Waals surface area contributed by atoms with E-state index < -0.39 is 4.92 Å². The molecule has 120 valence electrons. The van der Waals surface area contributed by atoms with Crippen molar-refractivity contribution in [3.63, 3.8) is 0 Å². The smallest absolute Gasteiger partial charge is 0.270 e. The molecule has 2 aromatic carbocycles. The lowest BCUT2D eigenvalue weighted by atomic mass is 10.1. The summed E-state index contributed by atoms with van der Waals surface area (Å²) in [4.78, 5) is 14.6. The number of phenolic OH excluding ortho intramolecular Hbond substituents is 1. The molecule has 8 heteroatoms. The van der Waals surface area contributed by atoms with Crippen LogP contribution in [0.3, 0.4) is 0 Å². The molecule has 3 N–H and O–H groups in total. The van der Waals surface area contributed by atoms with Crippen molar-refractivity contribution in [1.29, 1.82) is 0 Å². The predicted octanol–water partition coefficient (Wildman–Crippen LogP) is 2.63. The number of anilines is 1. The number of hydrogen-bond acceptors (Lipinski definition) is 6. The number of phenols is 1. The van der Waals surface area contributed by atoms with E-state index in [9.17, 15) is 15.2 Å². The van der Waals surface area contributed by atoms with Crippen molar-refractivity contribution < 1.29 is 10.0 Å². The molecule has 3 rings (SSSR count). The standard InChI is InChI=1S/C16H13N5O3/c17-16-19-15(12-2-1-3-13(8-12)21(23)24)10-20(16)18-9-11-4-6-14(22)7-5-11/h1-10,22H,(H2,17,19). The Morgan fingerprint density at radius 3 is 2.71 bits per heavy atom. The van der Waals surface area contributed by atoms with Gasteiger partial charge in [-0.3, -0.25) is 10.1 Å². The number of nitrogens with two attached hydrogens (primary N) is 1. The minimum Gasteiger partial charge on any atom is -0.508 e. The summed E-state index contributed by atoms with van der Waals surface area (Å²) in [5, 5.41) is 24.3. The summed E-state index contributed by atoms with van der Waals surface area (Å²) in [5.41, 5.74) is 7.65. The van der Waals surface area contributed by atoms with Crippen LogP contribution in [0, 0.1) is 10.1 Å². The average Bonchev–Trinajstić information content (AvgIpc) is 2.95. The summed E-state index contributed by atoms with van der Waals surface area (Å²) in [6, 6.07) is 12.6. The lowest BCUT2D eigenvalue weighted by Gasteiger charge is -1.96.